The summed E-state index contributed by atoms with van der Waals surface area (Å²) < 4.78 is 31.3. The van der Waals surface area contributed by atoms with Crippen LogP contribution in [0.5, 0.6) is 0 Å². The first-order valence-electron chi connectivity index (χ1n) is 9.29. The van der Waals surface area contributed by atoms with Gasteiger partial charge in [0.1, 0.15) is 5.76 Å². The first-order chi connectivity index (χ1) is 14.2. The van der Waals surface area contributed by atoms with E-state index >= 15 is 0 Å². The number of likely N-dealkylation sites (N-methyl/N-ethyl adjacent to an activating group) is 1. The summed E-state index contributed by atoms with van der Waals surface area (Å²) in [6.45, 7) is 5.83. The Bertz CT molecular complexity index is 971. The van der Waals surface area contributed by atoms with E-state index < -0.39 is 28.4 Å². The number of nitrogens with one attached hydrogen (secondary N) is 2. The van der Waals surface area contributed by atoms with E-state index in [1.807, 2.05) is 13.8 Å². The maximum Gasteiger partial charge on any atom is 0.305 e. The average Bonchev–Trinajstić information content (AvgIpc) is 3.19. The van der Waals surface area contributed by atoms with Gasteiger partial charge in [0.2, 0.25) is 10.0 Å². The molecule has 1 aromatic heterocycles. The minimum atomic E-state index is -3.88. The van der Waals surface area contributed by atoms with Crippen LogP contribution in [0, 0.1) is 0 Å². The number of hydrogen-bond acceptors (Lipinski definition) is 6. The molecule has 0 fully saturated rings. The molecular formula is C19H25ClN4O5S. The monoisotopic (exact) mass is 456 g/mol. The summed E-state index contributed by atoms with van der Waals surface area (Å²) in [5.74, 6) is -0.681. The van der Waals surface area contributed by atoms with Gasteiger partial charge in [-0.3, -0.25) is 25.3 Å². The number of halogens is 1. The second-order valence-electron chi connectivity index (χ2n) is 6.44. The predicted molar refractivity (Wildman–Crippen MR) is 112 cm³/mol. The Balaban J connectivity index is 1.88. The zero-order valence-electron chi connectivity index (χ0n) is 17.0. The number of benzene rings is 1. The third kappa shape index (κ3) is 6.30. The van der Waals surface area contributed by atoms with E-state index in [9.17, 15) is 18.0 Å². The van der Waals surface area contributed by atoms with Gasteiger partial charge < -0.3 is 4.42 Å². The third-order valence-corrected chi connectivity index (χ3v) is 6.43. The van der Waals surface area contributed by atoms with Crippen molar-refractivity contribution in [2.75, 3.05) is 26.7 Å². The molecule has 0 spiro atoms. The highest BCUT2D eigenvalue weighted by Gasteiger charge is 2.23. The molecule has 0 saturated carbocycles. The highest BCUT2D eigenvalue weighted by atomic mass is 35.5. The molecule has 164 valence electrons. The van der Waals surface area contributed by atoms with Gasteiger partial charge in [0.05, 0.1) is 18.0 Å². The third-order valence-electron chi connectivity index (χ3n) is 4.36. The van der Waals surface area contributed by atoms with Crippen LogP contribution >= 0.6 is 11.6 Å². The van der Waals surface area contributed by atoms with Crippen molar-refractivity contribution in [3.63, 3.8) is 0 Å². The average molecular weight is 457 g/mol. The van der Waals surface area contributed by atoms with Gasteiger partial charge in [0, 0.05) is 12.1 Å². The van der Waals surface area contributed by atoms with Crippen LogP contribution in [0.25, 0.3) is 0 Å². The minimum Gasteiger partial charge on any atom is -0.454 e. The highest BCUT2D eigenvalue weighted by Crippen LogP contribution is 2.17. The molecule has 1 aromatic carbocycles. The highest BCUT2D eigenvalue weighted by molar-refractivity contribution is 7.89. The van der Waals surface area contributed by atoms with Gasteiger partial charge in [0.15, 0.2) is 5.76 Å². The first-order valence-corrected chi connectivity index (χ1v) is 11.1. The summed E-state index contributed by atoms with van der Waals surface area (Å²) in [6, 6.07) is 8.79. The molecule has 2 aromatic rings. The van der Waals surface area contributed by atoms with Crippen LogP contribution in [0.2, 0.25) is 5.02 Å². The molecule has 2 rings (SSSR count). The molecule has 0 aliphatic rings. The Morgan fingerprint density at radius 1 is 1.03 bits per heavy atom. The molecule has 0 saturated heterocycles. The van der Waals surface area contributed by atoms with Crippen molar-refractivity contribution in [1.29, 1.82) is 0 Å². The molecule has 30 heavy (non-hydrogen) atoms. The lowest BCUT2D eigenvalue weighted by Crippen LogP contribution is -2.46. The summed E-state index contributed by atoms with van der Waals surface area (Å²) in [4.78, 5) is 26.3. The van der Waals surface area contributed by atoms with Crippen LogP contribution in [-0.2, 0) is 21.4 Å². The zero-order valence-corrected chi connectivity index (χ0v) is 18.6. The molecule has 0 atom stereocenters. The van der Waals surface area contributed by atoms with Crippen LogP contribution < -0.4 is 10.9 Å². The number of sulfonamides is 1. The van der Waals surface area contributed by atoms with Gasteiger partial charge in [-0.25, -0.2) is 8.42 Å². The van der Waals surface area contributed by atoms with E-state index in [1.54, 1.807) is 6.07 Å². The molecule has 9 nitrogen and oxygen atoms in total. The van der Waals surface area contributed by atoms with Crippen LogP contribution in [0.15, 0.2) is 45.7 Å². The van der Waals surface area contributed by atoms with Gasteiger partial charge >= 0.3 is 5.91 Å². The number of furan rings is 1. The van der Waals surface area contributed by atoms with Gasteiger partial charge in [-0.1, -0.05) is 25.4 Å². The van der Waals surface area contributed by atoms with Gasteiger partial charge in [-0.2, -0.15) is 4.31 Å². The second-order valence-corrected chi connectivity index (χ2v) is 8.93. The van der Waals surface area contributed by atoms with Crippen molar-refractivity contribution in [3.05, 3.63) is 52.9 Å². The number of rotatable bonds is 9. The minimum absolute atomic E-state index is 0.00236. The molecule has 0 bridgehead atoms. The topological polar surface area (TPSA) is 112 Å². The summed E-state index contributed by atoms with van der Waals surface area (Å²) in [5, 5.41) is 0.398. The van der Waals surface area contributed by atoms with E-state index in [2.05, 4.69) is 15.8 Å². The lowest BCUT2D eigenvalue weighted by Gasteiger charge is -2.17. The Kier molecular flexibility index (Phi) is 8.42. The van der Waals surface area contributed by atoms with Crippen molar-refractivity contribution in [2.24, 2.45) is 0 Å². The van der Waals surface area contributed by atoms with Crippen LogP contribution in [0.3, 0.4) is 0 Å². The van der Waals surface area contributed by atoms with Crippen LogP contribution in [0.4, 0.5) is 0 Å². The lowest BCUT2D eigenvalue weighted by molar-refractivity contribution is -0.121. The Hall–Kier alpha value is -2.40. The molecule has 0 aliphatic carbocycles. The molecule has 0 unspecified atom stereocenters. The zero-order chi connectivity index (χ0) is 22.3. The molecule has 2 N–H and O–H groups in total. The van der Waals surface area contributed by atoms with E-state index in [-0.39, 0.29) is 10.7 Å². The molecule has 0 aliphatic heterocycles. The fourth-order valence-electron chi connectivity index (χ4n) is 2.55. The van der Waals surface area contributed by atoms with Gasteiger partial charge in [-0.05, 0) is 49.5 Å². The Morgan fingerprint density at radius 2 is 1.67 bits per heavy atom. The van der Waals surface area contributed by atoms with Crippen LogP contribution in [-0.4, -0.2) is 56.1 Å². The van der Waals surface area contributed by atoms with E-state index in [0.29, 0.717) is 17.3 Å². The number of hydrogen-bond donors (Lipinski definition) is 2. The number of carbonyl (C=O) groups excluding carboxylic acids is 2. The fourth-order valence-corrected chi connectivity index (χ4v) is 3.81. The van der Waals surface area contributed by atoms with Crippen LogP contribution in [0.1, 0.15) is 30.2 Å². The lowest BCUT2D eigenvalue weighted by atomic mass is 10.4. The van der Waals surface area contributed by atoms with E-state index in [0.717, 1.165) is 17.4 Å². The maximum absolute atomic E-state index is 12.5. The molecular weight excluding hydrogens is 432 g/mol. The van der Waals surface area contributed by atoms with E-state index in [4.69, 9.17) is 16.0 Å². The van der Waals surface area contributed by atoms with Crippen molar-refractivity contribution in [1.82, 2.24) is 20.1 Å². The first kappa shape index (κ1) is 23.9. The summed E-state index contributed by atoms with van der Waals surface area (Å²) in [6.07, 6.45) is 0. The molecule has 1 heterocycles. The standard InChI is InChI=1S/C19H25ClN4O5S/c1-4-24(5-2)12-15-8-11-17(29-15)19(26)22-21-18(25)13-23(3)30(27,28)16-9-6-14(20)7-10-16/h6-11H,4-5,12-13H2,1-3H3,(H,21,25)(H,22,26). The largest absolute Gasteiger partial charge is 0.454 e. The van der Waals surface area contributed by atoms with Gasteiger partial charge in [-0.15, -0.1) is 0 Å². The van der Waals surface area contributed by atoms with Gasteiger partial charge in [0.25, 0.3) is 5.91 Å². The van der Waals surface area contributed by atoms with E-state index in [1.165, 1.54) is 37.4 Å². The predicted octanol–water partition coefficient (Wildman–Crippen LogP) is 1.86. The van der Waals surface area contributed by atoms with Crippen molar-refractivity contribution in [3.8, 4) is 0 Å². The maximum atomic E-state index is 12.5. The fraction of sp³-hybridized carbons (Fsp3) is 0.368. The summed E-state index contributed by atoms with van der Waals surface area (Å²) in [7, 11) is -2.62. The Labute approximate surface area is 181 Å². The Morgan fingerprint density at radius 3 is 2.27 bits per heavy atom. The van der Waals surface area contributed by atoms with Crippen molar-refractivity contribution in [2.45, 2.75) is 25.3 Å². The SMILES string of the molecule is CCN(CC)Cc1ccc(C(=O)NNC(=O)CN(C)S(=O)(=O)c2ccc(Cl)cc2)o1. The normalized spacial score (nSPS) is 11.7. The molecule has 0 radical (unpaired) electrons. The summed E-state index contributed by atoms with van der Waals surface area (Å²) in [5.41, 5.74) is 4.39. The molecule has 11 heteroatoms. The molecule has 2 amide bonds. The smallest absolute Gasteiger partial charge is 0.305 e. The summed E-state index contributed by atoms with van der Waals surface area (Å²) >= 11 is 5.77. The number of amides is 2. The number of carbonyl (C=O) groups is 2. The second kappa shape index (κ2) is 10.6. The number of nitrogens with zero attached hydrogens (tertiary/aromatic N) is 2. The van der Waals surface area contributed by atoms with Crippen molar-refractivity contribution >= 4 is 33.4 Å². The quantitative estimate of drug-likeness (QED) is 0.557. The number of hydrazine groups is 1. The van der Waals surface area contributed by atoms with Crippen molar-refractivity contribution < 1.29 is 22.4 Å².